The number of benzene rings is 3. The Hall–Kier alpha value is -5.26. The minimum absolute atomic E-state index is 0.0174. The molecular weight excluding hydrogens is 452 g/mol. The maximum Gasteiger partial charge on any atom is 0.269 e. The van der Waals surface area contributed by atoms with Crippen LogP contribution in [0.5, 0.6) is 0 Å². The van der Waals surface area contributed by atoms with Crippen molar-refractivity contribution in [2.45, 2.75) is 6.54 Å². The Labute approximate surface area is 197 Å². The van der Waals surface area contributed by atoms with E-state index in [1.54, 1.807) is 12.1 Å². The molecule has 12 heteroatoms. The predicted octanol–water partition coefficient (Wildman–Crippen LogP) is 5.40. The van der Waals surface area contributed by atoms with Gasteiger partial charge in [0.05, 0.1) is 11.5 Å². The summed E-state index contributed by atoms with van der Waals surface area (Å²) in [6, 6.07) is 24.7. The molecule has 5 rings (SSSR count). The van der Waals surface area contributed by atoms with Gasteiger partial charge in [0.15, 0.2) is 11.4 Å². The summed E-state index contributed by atoms with van der Waals surface area (Å²) in [7, 11) is 0. The molecule has 2 heterocycles. The van der Waals surface area contributed by atoms with Crippen LogP contribution in [0.25, 0.3) is 22.5 Å². The summed E-state index contributed by atoms with van der Waals surface area (Å²) in [6.07, 6.45) is 0. The molecule has 0 aliphatic carbocycles. The summed E-state index contributed by atoms with van der Waals surface area (Å²) >= 11 is 0. The largest absolute Gasteiger partial charge is 0.269 e. The highest BCUT2D eigenvalue weighted by Crippen LogP contribution is 2.31. The maximum absolute atomic E-state index is 11.0. The van der Waals surface area contributed by atoms with Crippen molar-refractivity contribution in [3.8, 4) is 22.5 Å². The van der Waals surface area contributed by atoms with Crippen molar-refractivity contribution in [3.05, 3.63) is 101 Å². The molecule has 0 saturated carbocycles. The third kappa shape index (κ3) is 4.75. The second-order valence-electron chi connectivity index (χ2n) is 7.28. The van der Waals surface area contributed by atoms with Gasteiger partial charge in [-0.15, -0.1) is 5.11 Å². The fourth-order valence-electron chi connectivity index (χ4n) is 3.30. The predicted molar refractivity (Wildman–Crippen MR) is 123 cm³/mol. The Kier molecular flexibility index (Phi) is 5.98. The molecule has 0 bridgehead atoms. The van der Waals surface area contributed by atoms with Gasteiger partial charge in [-0.3, -0.25) is 10.1 Å². The lowest BCUT2D eigenvalue weighted by Gasteiger charge is -2.15. The number of hydrogen-bond donors (Lipinski definition) is 0. The average molecular weight is 468 g/mol. The van der Waals surface area contributed by atoms with E-state index in [9.17, 15) is 10.1 Å². The van der Waals surface area contributed by atoms with Crippen molar-refractivity contribution in [3.63, 3.8) is 0 Å². The zero-order valence-electron chi connectivity index (χ0n) is 18.0. The minimum Gasteiger partial charge on any atom is -0.258 e. The number of nitrogens with zero attached hydrogens (tertiary/aromatic N) is 8. The quantitative estimate of drug-likeness (QED) is 0.166. The van der Waals surface area contributed by atoms with E-state index in [0.717, 1.165) is 16.7 Å². The van der Waals surface area contributed by atoms with Crippen LogP contribution in [0.3, 0.4) is 0 Å². The van der Waals surface area contributed by atoms with Gasteiger partial charge in [0, 0.05) is 23.3 Å². The molecule has 2 aromatic heterocycles. The maximum atomic E-state index is 11.0. The molecule has 12 nitrogen and oxygen atoms in total. The van der Waals surface area contributed by atoms with E-state index in [1.165, 1.54) is 17.1 Å². The lowest BCUT2D eigenvalue weighted by Crippen LogP contribution is -2.16. The second-order valence-corrected chi connectivity index (χ2v) is 7.28. The highest BCUT2D eigenvalue weighted by Gasteiger charge is 2.21. The lowest BCUT2D eigenvalue weighted by atomic mass is 10.1. The van der Waals surface area contributed by atoms with E-state index in [0.29, 0.717) is 17.2 Å². The van der Waals surface area contributed by atoms with Crippen molar-refractivity contribution in [2.75, 3.05) is 5.01 Å². The van der Waals surface area contributed by atoms with Gasteiger partial charge in [0.25, 0.3) is 5.69 Å². The van der Waals surface area contributed by atoms with Crippen LogP contribution in [0.1, 0.15) is 5.56 Å². The number of nitro benzene ring substituents is 1. The topological polar surface area (TPSA) is 149 Å². The fourth-order valence-corrected chi connectivity index (χ4v) is 3.30. The molecule has 0 amide bonds. The van der Waals surface area contributed by atoms with Crippen molar-refractivity contribution in [1.29, 1.82) is 0 Å². The van der Waals surface area contributed by atoms with Crippen LogP contribution in [0.4, 0.5) is 17.3 Å². The number of rotatable bonds is 8. The Morgan fingerprint density at radius 1 is 0.771 bits per heavy atom. The molecular formula is C23H16N8O4. The average Bonchev–Trinajstić information content (AvgIpc) is 3.58. The van der Waals surface area contributed by atoms with Crippen LogP contribution in [-0.2, 0) is 6.54 Å². The van der Waals surface area contributed by atoms with Crippen molar-refractivity contribution in [1.82, 2.24) is 20.6 Å². The molecule has 0 aliphatic heterocycles. The summed E-state index contributed by atoms with van der Waals surface area (Å²) in [5.41, 5.74) is 3.10. The highest BCUT2D eigenvalue weighted by atomic mass is 16.6. The van der Waals surface area contributed by atoms with Crippen LogP contribution in [-0.4, -0.2) is 25.5 Å². The molecule has 3 aromatic carbocycles. The number of non-ortho nitro benzene ring substituents is 1. The summed E-state index contributed by atoms with van der Waals surface area (Å²) in [4.78, 5) is 10.6. The number of hydrogen-bond acceptors (Lipinski definition) is 10. The van der Waals surface area contributed by atoms with E-state index in [2.05, 4.69) is 31.0 Å². The van der Waals surface area contributed by atoms with Crippen molar-refractivity contribution < 1.29 is 14.2 Å². The van der Waals surface area contributed by atoms with Gasteiger partial charge in [-0.1, -0.05) is 78.0 Å². The molecule has 5 aromatic rings. The van der Waals surface area contributed by atoms with Crippen molar-refractivity contribution >= 4 is 17.3 Å². The van der Waals surface area contributed by atoms with Gasteiger partial charge in [0.1, 0.15) is 0 Å². The van der Waals surface area contributed by atoms with Crippen LogP contribution in [0.15, 0.2) is 105 Å². The van der Waals surface area contributed by atoms with Gasteiger partial charge in [-0.2, -0.15) is 0 Å². The molecule has 0 atom stereocenters. The van der Waals surface area contributed by atoms with E-state index >= 15 is 0 Å². The molecule has 0 unspecified atom stereocenters. The molecule has 0 fully saturated rings. The van der Waals surface area contributed by atoms with Crippen LogP contribution in [0.2, 0.25) is 0 Å². The van der Waals surface area contributed by atoms with Gasteiger partial charge in [-0.25, -0.2) is 14.3 Å². The van der Waals surface area contributed by atoms with Gasteiger partial charge >= 0.3 is 0 Å². The summed E-state index contributed by atoms with van der Waals surface area (Å²) in [5, 5.41) is 36.9. The first-order valence-electron chi connectivity index (χ1n) is 10.4. The number of anilines is 1. The van der Waals surface area contributed by atoms with E-state index < -0.39 is 4.92 Å². The number of aromatic nitrogens is 4. The summed E-state index contributed by atoms with van der Waals surface area (Å²) in [5.74, 6) is 0.471. The molecule has 35 heavy (non-hydrogen) atoms. The van der Waals surface area contributed by atoms with Gasteiger partial charge in [0.2, 0.25) is 11.6 Å². The highest BCUT2D eigenvalue weighted by molar-refractivity contribution is 5.71. The smallest absolute Gasteiger partial charge is 0.258 e. The second kappa shape index (κ2) is 9.70. The summed E-state index contributed by atoms with van der Waals surface area (Å²) in [6.45, 7) is 0.168. The Morgan fingerprint density at radius 3 is 2.03 bits per heavy atom. The van der Waals surface area contributed by atoms with E-state index in [4.69, 9.17) is 9.26 Å². The zero-order valence-corrected chi connectivity index (χ0v) is 18.0. The van der Waals surface area contributed by atoms with Crippen molar-refractivity contribution in [2.24, 2.45) is 10.3 Å². The van der Waals surface area contributed by atoms with Crippen LogP contribution < -0.4 is 5.01 Å². The molecule has 0 saturated heterocycles. The fraction of sp³-hybridized carbons (Fsp3) is 0.0435. The first kappa shape index (κ1) is 21.6. The zero-order chi connectivity index (χ0) is 24.0. The first-order chi connectivity index (χ1) is 17.2. The van der Waals surface area contributed by atoms with Crippen LogP contribution in [0, 0.1) is 10.1 Å². The Balaban J connectivity index is 1.51. The number of nitro groups is 1. The third-order valence-electron chi connectivity index (χ3n) is 5.01. The molecule has 0 spiro atoms. The molecule has 0 aliphatic rings. The van der Waals surface area contributed by atoms with E-state index in [-0.39, 0.29) is 18.1 Å². The molecule has 172 valence electrons. The van der Waals surface area contributed by atoms with E-state index in [1.807, 2.05) is 60.7 Å². The summed E-state index contributed by atoms with van der Waals surface area (Å²) < 4.78 is 9.91. The Morgan fingerprint density at radius 2 is 1.37 bits per heavy atom. The molecule has 0 radical (unpaired) electrons. The lowest BCUT2D eigenvalue weighted by molar-refractivity contribution is -0.384. The SMILES string of the molecule is O=[N+]([O-])c1ccc(CN(N=Nc2nonc2-c2ccccc2)c2nonc2-c2ccccc2)cc1. The van der Waals surface area contributed by atoms with Crippen LogP contribution >= 0.6 is 0 Å². The van der Waals surface area contributed by atoms with Gasteiger partial charge in [-0.05, 0) is 26.2 Å². The normalized spacial score (nSPS) is 11.1. The molecule has 0 N–H and O–H groups in total. The first-order valence-corrected chi connectivity index (χ1v) is 10.4. The minimum atomic E-state index is -0.459. The van der Waals surface area contributed by atoms with Gasteiger partial charge < -0.3 is 0 Å². The Bertz CT molecular complexity index is 1450. The third-order valence-corrected chi connectivity index (χ3v) is 5.01. The monoisotopic (exact) mass is 468 g/mol. The standard InChI is InChI=1S/C23H16N8O4/c32-31(33)19-13-11-16(12-14-19)15-30(23-21(26-35-28-23)18-9-5-2-6-10-18)29-24-22-20(25-34-27-22)17-7-3-1-4-8-17/h1-14H,15H2.